The number of carbonyl (C=O) groups excluding carboxylic acids is 4. The second-order valence-electron chi connectivity index (χ2n) is 13.4. The van der Waals surface area contributed by atoms with Crippen LogP contribution in [0.3, 0.4) is 0 Å². The van der Waals surface area contributed by atoms with Crippen LogP contribution in [-0.4, -0.2) is 61.6 Å². The molecule has 2 aliphatic heterocycles. The minimum absolute atomic E-state index is 0.0355. The number of rotatable bonds is 8. The molecule has 6 atom stereocenters. The highest BCUT2D eigenvalue weighted by Gasteiger charge is 2.47. The fourth-order valence-electron chi connectivity index (χ4n) is 5.61. The van der Waals surface area contributed by atoms with Crippen molar-refractivity contribution in [2.75, 3.05) is 13.7 Å². The van der Waals surface area contributed by atoms with Gasteiger partial charge < -0.3 is 30.2 Å². The van der Waals surface area contributed by atoms with Gasteiger partial charge >= 0.3 is 5.97 Å². The van der Waals surface area contributed by atoms with Gasteiger partial charge in [0.1, 0.15) is 30.0 Å². The summed E-state index contributed by atoms with van der Waals surface area (Å²) in [4.78, 5) is 53.8. The van der Waals surface area contributed by atoms with Crippen molar-refractivity contribution in [3.8, 4) is 5.75 Å². The molecule has 0 aromatic heterocycles. The third-order valence-corrected chi connectivity index (χ3v) is 8.86. The molecular weight excluding hydrogens is 622 g/mol. The summed E-state index contributed by atoms with van der Waals surface area (Å²) in [7, 11) is 1.51. The van der Waals surface area contributed by atoms with E-state index in [2.05, 4.69) is 16.0 Å². The van der Waals surface area contributed by atoms with Crippen LogP contribution in [0.15, 0.2) is 60.7 Å². The van der Waals surface area contributed by atoms with Gasteiger partial charge in [-0.05, 0) is 55.5 Å². The monoisotopic (exact) mass is 667 g/mol. The van der Waals surface area contributed by atoms with Gasteiger partial charge in [0, 0.05) is 25.3 Å². The van der Waals surface area contributed by atoms with Gasteiger partial charge in [-0.25, -0.2) is 4.79 Å². The minimum atomic E-state index is -1.09. The van der Waals surface area contributed by atoms with Crippen LogP contribution in [0.1, 0.15) is 64.7 Å². The molecule has 0 radical (unpaired) electrons. The van der Waals surface area contributed by atoms with Crippen LogP contribution in [0.4, 0.5) is 0 Å². The predicted octanol–water partition coefficient (Wildman–Crippen LogP) is 4.70. The minimum Gasteiger partial charge on any atom is -0.495 e. The number of carbonyl (C=O) groups is 4. The Kier molecular flexibility index (Phi) is 12.1. The van der Waals surface area contributed by atoms with E-state index in [1.807, 2.05) is 51.1 Å². The Bertz CT molecular complexity index is 1460. The lowest BCUT2D eigenvalue weighted by Crippen LogP contribution is -2.54. The van der Waals surface area contributed by atoms with Crippen LogP contribution in [-0.2, 0) is 35.1 Å². The van der Waals surface area contributed by atoms with Crippen molar-refractivity contribution < 1.29 is 33.4 Å². The van der Waals surface area contributed by atoms with Gasteiger partial charge in [0.05, 0.1) is 23.7 Å². The summed E-state index contributed by atoms with van der Waals surface area (Å²) >= 11 is 6.32. The molecule has 3 amide bonds. The third kappa shape index (κ3) is 9.81. The molecule has 2 aliphatic rings. The number of epoxide rings is 1. The lowest BCUT2D eigenvalue weighted by Gasteiger charge is -2.30. The quantitative estimate of drug-likeness (QED) is 0.274. The summed E-state index contributed by atoms with van der Waals surface area (Å²) in [5, 5.41) is 8.86. The second-order valence-corrected chi connectivity index (χ2v) is 13.8. The Morgan fingerprint density at radius 1 is 1.00 bits per heavy atom. The molecule has 1 unspecified atom stereocenters. The summed E-state index contributed by atoms with van der Waals surface area (Å²) in [6.45, 7) is 9.21. The van der Waals surface area contributed by atoms with Crippen molar-refractivity contribution in [2.24, 2.45) is 17.3 Å². The Hall–Kier alpha value is -3.89. The largest absolute Gasteiger partial charge is 0.495 e. The fraction of sp³-hybridized carbons (Fsp3) is 0.500. The van der Waals surface area contributed by atoms with Gasteiger partial charge in [-0.15, -0.1) is 0 Å². The van der Waals surface area contributed by atoms with E-state index in [1.165, 1.54) is 13.2 Å². The van der Waals surface area contributed by atoms with Crippen molar-refractivity contribution in [2.45, 2.75) is 84.3 Å². The van der Waals surface area contributed by atoms with Crippen molar-refractivity contribution >= 4 is 35.3 Å². The second kappa shape index (κ2) is 15.8. The van der Waals surface area contributed by atoms with Crippen LogP contribution in [0.25, 0.3) is 0 Å². The molecule has 2 aromatic rings. The zero-order valence-corrected chi connectivity index (χ0v) is 28.6. The van der Waals surface area contributed by atoms with E-state index in [4.69, 9.17) is 25.8 Å². The lowest BCUT2D eigenvalue weighted by molar-refractivity contribution is -0.157. The zero-order chi connectivity index (χ0) is 34.3. The number of ether oxygens (including phenoxy) is 3. The molecule has 0 aliphatic carbocycles. The molecule has 0 bridgehead atoms. The molecule has 4 rings (SSSR count). The van der Waals surface area contributed by atoms with Gasteiger partial charge in [0.2, 0.25) is 17.7 Å². The lowest BCUT2D eigenvalue weighted by atomic mass is 9.90. The van der Waals surface area contributed by atoms with Crippen LogP contribution in [0, 0.1) is 17.3 Å². The molecule has 0 spiro atoms. The van der Waals surface area contributed by atoms with Crippen LogP contribution < -0.4 is 20.7 Å². The van der Waals surface area contributed by atoms with E-state index in [-0.39, 0.29) is 43.4 Å². The highest BCUT2D eigenvalue weighted by molar-refractivity contribution is 6.32. The van der Waals surface area contributed by atoms with Gasteiger partial charge in [-0.1, -0.05) is 74.8 Å². The Morgan fingerprint density at radius 2 is 1.72 bits per heavy atom. The number of esters is 1. The maximum Gasteiger partial charge on any atom is 0.328 e. The topological polar surface area (TPSA) is 135 Å². The molecule has 2 aromatic carbocycles. The van der Waals surface area contributed by atoms with E-state index in [0.717, 1.165) is 5.56 Å². The summed E-state index contributed by atoms with van der Waals surface area (Å²) in [6.07, 6.45) is 2.76. The van der Waals surface area contributed by atoms with Crippen LogP contribution in [0.5, 0.6) is 5.75 Å². The molecular formula is C36H46ClN3O7. The number of hydrogen-bond acceptors (Lipinski definition) is 7. The van der Waals surface area contributed by atoms with Gasteiger partial charge in [-0.3, -0.25) is 14.4 Å². The number of halogens is 1. The standard InChI is InChI=1S/C36H46ClN3O7/c1-21(2)17-27-34(43)46-28(22(3)31-32(47-31)24-11-8-7-9-12-24)13-10-14-30(41)39-26(19-23-15-16-29(45-6)25(37)18-23)33(42)38-20-36(4,5)35(44)40-27/h7-12,14-16,18,21-22,26-28,31-32H,13,17,19-20H2,1-6H3,(H,38,42)(H,39,41)(H,40,44)/b14-10+/t22-,26?,27-,28-,31+,32+/m0/s1. The molecule has 11 heteroatoms. The Labute approximate surface area is 281 Å². The Morgan fingerprint density at radius 3 is 2.38 bits per heavy atom. The predicted molar refractivity (Wildman–Crippen MR) is 179 cm³/mol. The van der Waals surface area contributed by atoms with E-state index in [1.54, 1.807) is 38.1 Å². The first-order valence-electron chi connectivity index (χ1n) is 16.1. The molecule has 1 saturated heterocycles. The van der Waals surface area contributed by atoms with Crippen LogP contribution >= 0.6 is 11.6 Å². The molecule has 2 heterocycles. The normalized spacial score (nSPS) is 26.8. The number of cyclic esters (lactones) is 1. The first kappa shape index (κ1) is 36.0. The van der Waals surface area contributed by atoms with Crippen LogP contribution in [0.2, 0.25) is 5.02 Å². The first-order chi connectivity index (χ1) is 22.3. The fourth-order valence-corrected chi connectivity index (χ4v) is 5.89. The SMILES string of the molecule is COc1ccc(CC2NC(=O)/C=C/C[C@@H]([C@H](C)[C@H]3O[C@@H]3c3ccccc3)OC(=O)[C@H](CC(C)C)NC(=O)C(C)(C)CNC2=O)cc1Cl. The van der Waals surface area contributed by atoms with Gasteiger partial charge in [-0.2, -0.15) is 0 Å². The number of nitrogens with one attached hydrogen (secondary N) is 3. The van der Waals surface area contributed by atoms with E-state index >= 15 is 0 Å². The van der Waals surface area contributed by atoms with Crippen molar-refractivity contribution in [1.82, 2.24) is 16.0 Å². The van der Waals surface area contributed by atoms with Crippen molar-refractivity contribution in [3.05, 3.63) is 76.8 Å². The molecule has 47 heavy (non-hydrogen) atoms. The highest BCUT2D eigenvalue weighted by atomic mass is 35.5. The summed E-state index contributed by atoms with van der Waals surface area (Å²) in [6, 6.07) is 13.1. The molecule has 0 saturated carbocycles. The summed E-state index contributed by atoms with van der Waals surface area (Å²) < 4.78 is 17.4. The molecule has 3 N–H and O–H groups in total. The average Bonchev–Trinajstić information content (AvgIpc) is 3.83. The first-order valence-corrected chi connectivity index (χ1v) is 16.5. The maximum absolute atomic E-state index is 13.6. The number of amides is 3. The third-order valence-electron chi connectivity index (χ3n) is 8.57. The van der Waals surface area contributed by atoms with Crippen molar-refractivity contribution in [3.63, 3.8) is 0 Å². The van der Waals surface area contributed by atoms with Gasteiger partial charge in [0.15, 0.2) is 0 Å². The van der Waals surface area contributed by atoms with E-state index < -0.39 is 47.3 Å². The number of benzene rings is 2. The number of hydrogen-bond donors (Lipinski definition) is 3. The maximum atomic E-state index is 13.6. The summed E-state index contributed by atoms with van der Waals surface area (Å²) in [5.41, 5.74) is 0.659. The smallest absolute Gasteiger partial charge is 0.328 e. The van der Waals surface area contributed by atoms with E-state index in [9.17, 15) is 19.2 Å². The Balaban J connectivity index is 1.61. The molecule has 10 nitrogen and oxygen atoms in total. The molecule has 254 valence electrons. The van der Waals surface area contributed by atoms with E-state index in [0.29, 0.717) is 22.8 Å². The summed E-state index contributed by atoms with van der Waals surface area (Å²) in [5.74, 6) is -1.56. The van der Waals surface area contributed by atoms with Crippen molar-refractivity contribution in [1.29, 1.82) is 0 Å². The highest BCUT2D eigenvalue weighted by Crippen LogP contribution is 2.45. The molecule has 1 fully saturated rings. The number of methoxy groups -OCH3 is 1. The zero-order valence-electron chi connectivity index (χ0n) is 27.9. The van der Waals surface area contributed by atoms with Gasteiger partial charge in [0.25, 0.3) is 0 Å². The average molecular weight is 668 g/mol.